The minimum atomic E-state index is -0.374. The standard InChI is InChI=1S/C13H9BrFNO2/c14-9-5-7-18-12(9)13(17)16-6-4-8-2-1-3-10(15)11(8)16/h1-3,5,7H,4,6H2. The lowest BCUT2D eigenvalue weighted by Crippen LogP contribution is -2.29. The van der Waals surface area contributed by atoms with Gasteiger partial charge in [0.2, 0.25) is 5.76 Å². The van der Waals surface area contributed by atoms with Gasteiger partial charge in [-0.15, -0.1) is 0 Å². The summed E-state index contributed by atoms with van der Waals surface area (Å²) in [6.45, 7) is 0.474. The third-order valence-corrected chi connectivity index (χ3v) is 3.63. The van der Waals surface area contributed by atoms with Crippen LogP contribution in [0.25, 0.3) is 0 Å². The number of nitrogens with zero attached hydrogens (tertiary/aromatic N) is 1. The molecule has 0 spiro atoms. The molecule has 0 fully saturated rings. The van der Waals surface area contributed by atoms with E-state index in [-0.39, 0.29) is 17.5 Å². The van der Waals surface area contributed by atoms with Gasteiger partial charge < -0.3 is 9.32 Å². The molecule has 3 rings (SSSR count). The van der Waals surface area contributed by atoms with Crippen molar-refractivity contribution in [2.75, 3.05) is 11.4 Å². The van der Waals surface area contributed by atoms with Crippen molar-refractivity contribution in [1.29, 1.82) is 0 Å². The SMILES string of the molecule is O=C(c1occc1Br)N1CCc2cccc(F)c21. The number of fused-ring (bicyclic) bond motifs is 1. The molecule has 1 amide bonds. The maximum absolute atomic E-state index is 13.8. The van der Waals surface area contributed by atoms with Crippen molar-refractivity contribution < 1.29 is 13.6 Å². The number of benzene rings is 1. The van der Waals surface area contributed by atoms with E-state index >= 15 is 0 Å². The van der Waals surface area contributed by atoms with E-state index < -0.39 is 0 Å². The van der Waals surface area contributed by atoms with Crippen LogP contribution in [0.2, 0.25) is 0 Å². The Bertz CT molecular complexity index is 623. The first-order valence-electron chi connectivity index (χ1n) is 5.50. The zero-order valence-corrected chi connectivity index (χ0v) is 10.9. The molecule has 1 aliphatic heterocycles. The third-order valence-electron chi connectivity index (χ3n) is 3.00. The summed E-state index contributed by atoms with van der Waals surface area (Å²) in [7, 11) is 0. The smallest absolute Gasteiger partial charge is 0.295 e. The predicted octanol–water partition coefficient (Wildman–Crippen LogP) is 3.38. The van der Waals surface area contributed by atoms with Gasteiger partial charge in [0.1, 0.15) is 5.82 Å². The predicted molar refractivity (Wildman–Crippen MR) is 68.2 cm³/mol. The molecule has 2 heterocycles. The highest BCUT2D eigenvalue weighted by Crippen LogP contribution is 2.33. The van der Waals surface area contributed by atoms with Crippen LogP contribution < -0.4 is 4.90 Å². The second-order valence-electron chi connectivity index (χ2n) is 4.05. The van der Waals surface area contributed by atoms with Gasteiger partial charge in [-0.3, -0.25) is 4.79 Å². The Balaban J connectivity index is 2.03. The molecule has 0 saturated heterocycles. The average Bonchev–Trinajstić information content (AvgIpc) is 2.95. The van der Waals surface area contributed by atoms with Crippen LogP contribution >= 0.6 is 15.9 Å². The Hall–Kier alpha value is -1.62. The molecule has 2 aromatic rings. The normalized spacial score (nSPS) is 13.8. The van der Waals surface area contributed by atoms with Gasteiger partial charge >= 0.3 is 0 Å². The first-order chi connectivity index (χ1) is 8.68. The lowest BCUT2D eigenvalue weighted by molar-refractivity contribution is 0.0961. The fourth-order valence-corrected chi connectivity index (χ4v) is 2.55. The monoisotopic (exact) mass is 309 g/mol. The average molecular weight is 310 g/mol. The number of halogens is 2. The van der Waals surface area contributed by atoms with E-state index in [1.807, 2.05) is 6.07 Å². The number of hydrogen-bond acceptors (Lipinski definition) is 2. The molecule has 0 radical (unpaired) electrons. The summed E-state index contributed by atoms with van der Waals surface area (Å²) < 4.78 is 19.5. The first kappa shape index (κ1) is 11.5. The molecule has 0 aliphatic carbocycles. The molecular weight excluding hydrogens is 301 g/mol. The van der Waals surface area contributed by atoms with E-state index in [2.05, 4.69) is 15.9 Å². The van der Waals surface area contributed by atoms with Crippen molar-refractivity contribution in [2.45, 2.75) is 6.42 Å². The molecule has 0 unspecified atom stereocenters. The molecule has 1 aromatic heterocycles. The van der Waals surface area contributed by atoms with Gasteiger partial charge in [-0.2, -0.15) is 0 Å². The number of anilines is 1. The lowest BCUT2D eigenvalue weighted by Gasteiger charge is -2.16. The zero-order valence-electron chi connectivity index (χ0n) is 9.32. The quantitative estimate of drug-likeness (QED) is 0.809. The fraction of sp³-hybridized carbons (Fsp3) is 0.154. The minimum absolute atomic E-state index is 0.200. The van der Waals surface area contributed by atoms with Gasteiger partial charge in [-0.1, -0.05) is 12.1 Å². The van der Waals surface area contributed by atoms with Crippen molar-refractivity contribution >= 4 is 27.5 Å². The third kappa shape index (κ3) is 1.66. The second-order valence-corrected chi connectivity index (χ2v) is 4.91. The molecule has 0 atom stereocenters. The van der Waals surface area contributed by atoms with E-state index in [4.69, 9.17) is 4.42 Å². The highest BCUT2D eigenvalue weighted by atomic mass is 79.9. The van der Waals surface area contributed by atoms with Gasteiger partial charge in [0, 0.05) is 6.54 Å². The molecule has 1 aromatic carbocycles. The van der Waals surface area contributed by atoms with Gasteiger partial charge in [0.15, 0.2) is 0 Å². The molecule has 0 N–H and O–H groups in total. The summed E-state index contributed by atoms with van der Waals surface area (Å²) >= 11 is 3.24. The molecule has 0 saturated carbocycles. The summed E-state index contributed by atoms with van der Waals surface area (Å²) in [5.41, 5.74) is 1.22. The number of rotatable bonds is 1. The number of furan rings is 1. The van der Waals surface area contributed by atoms with Gasteiger partial charge in [0.05, 0.1) is 16.4 Å². The van der Waals surface area contributed by atoms with Crippen molar-refractivity contribution in [3.63, 3.8) is 0 Å². The van der Waals surface area contributed by atoms with E-state index in [9.17, 15) is 9.18 Å². The number of carbonyl (C=O) groups excluding carboxylic acids is 1. The lowest BCUT2D eigenvalue weighted by atomic mass is 10.1. The molecule has 92 valence electrons. The van der Waals surface area contributed by atoms with Crippen molar-refractivity contribution in [3.8, 4) is 0 Å². The number of carbonyl (C=O) groups is 1. The zero-order chi connectivity index (χ0) is 12.7. The highest BCUT2D eigenvalue weighted by Gasteiger charge is 2.30. The van der Waals surface area contributed by atoms with Crippen molar-refractivity contribution in [2.24, 2.45) is 0 Å². The Kier molecular flexibility index (Phi) is 2.70. The Morgan fingerprint density at radius 3 is 2.94 bits per heavy atom. The Labute approximate surface area is 111 Å². The van der Waals surface area contributed by atoms with E-state index in [1.165, 1.54) is 17.2 Å². The first-order valence-corrected chi connectivity index (χ1v) is 6.30. The summed E-state index contributed by atoms with van der Waals surface area (Å²) in [4.78, 5) is 13.7. The van der Waals surface area contributed by atoms with Crippen LogP contribution in [-0.2, 0) is 6.42 Å². The fourth-order valence-electron chi connectivity index (χ4n) is 2.18. The van der Waals surface area contributed by atoms with Gasteiger partial charge in [0.25, 0.3) is 5.91 Å². The van der Waals surface area contributed by atoms with Crippen LogP contribution in [0.5, 0.6) is 0 Å². The molecule has 0 bridgehead atoms. The van der Waals surface area contributed by atoms with Crippen molar-refractivity contribution in [1.82, 2.24) is 0 Å². The number of amides is 1. The second kappa shape index (κ2) is 4.24. The van der Waals surface area contributed by atoms with Crippen LogP contribution in [0.3, 0.4) is 0 Å². The molecule has 3 nitrogen and oxygen atoms in total. The molecular formula is C13H9BrFNO2. The Morgan fingerprint density at radius 2 is 2.22 bits per heavy atom. The Morgan fingerprint density at radius 1 is 1.39 bits per heavy atom. The van der Waals surface area contributed by atoms with Crippen LogP contribution in [0.1, 0.15) is 16.1 Å². The van der Waals surface area contributed by atoms with Crippen molar-refractivity contribution in [3.05, 3.63) is 52.1 Å². The summed E-state index contributed by atoms with van der Waals surface area (Å²) in [5, 5.41) is 0. The van der Waals surface area contributed by atoms with Crippen LogP contribution in [0.15, 0.2) is 39.4 Å². The maximum atomic E-state index is 13.8. The molecule has 18 heavy (non-hydrogen) atoms. The van der Waals surface area contributed by atoms with Crippen LogP contribution in [-0.4, -0.2) is 12.5 Å². The van der Waals surface area contributed by atoms with E-state index in [0.29, 0.717) is 23.1 Å². The van der Waals surface area contributed by atoms with Crippen LogP contribution in [0.4, 0.5) is 10.1 Å². The summed E-state index contributed by atoms with van der Waals surface area (Å²) in [6.07, 6.45) is 2.09. The van der Waals surface area contributed by atoms with Gasteiger partial charge in [-0.05, 0) is 40.0 Å². The minimum Gasteiger partial charge on any atom is -0.458 e. The number of para-hydroxylation sites is 1. The summed E-state index contributed by atoms with van der Waals surface area (Å²) in [5.74, 6) is -0.497. The number of hydrogen-bond donors (Lipinski definition) is 0. The van der Waals surface area contributed by atoms with E-state index in [0.717, 1.165) is 5.56 Å². The maximum Gasteiger partial charge on any atom is 0.295 e. The summed E-state index contributed by atoms with van der Waals surface area (Å²) in [6, 6.07) is 6.50. The van der Waals surface area contributed by atoms with Gasteiger partial charge in [-0.25, -0.2) is 4.39 Å². The van der Waals surface area contributed by atoms with E-state index in [1.54, 1.807) is 12.1 Å². The molecule has 5 heteroatoms. The molecule has 1 aliphatic rings. The largest absolute Gasteiger partial charge is 0.458 e. The topological polar surface area (TPSA) is 33.5 Å². The highest BCUT2D eigenvalue weighted by molar-refractivity contribution is 9.10. The van der Waals surface area contributed by atoms with Crippen LogP contribution in [0, 0.1) is 5.82 Å².